The van der Waals surface area contributed by atoms with Crippen LogP contribution in [0, 0.1) is 11.8 Å². The van der Waals surface area contributed by atoms with Gasteiger partial charge in [0.05, 0.1) is 0 Å². The molecule has 1 aromatic rings. The van der Waals surface area contributed by atoms with E-state index < -0.39 is 0 Å². The summed E-state index contributed by atoms with van der Waals surface area (Å²) in [6, 6.07) is 11.5. The molecule has 2 N–H and O–H groups in total. The van der Waals surface area contributed by atoms with Crippen LogP contribution >= 0.6 is 0 Å². The lowest BCUT2D eigenvalue weighted by Crippen LogP contribution is -2.47. The molecule has 3 unspecified atom stereocenters. The van der Waals surface area contributed by atoms with Crippen LogP contribution in [-0.2, 0) is 0 Å². The third-order valence-electron chi connectivity index (χ3n) is 4.89. The van der Waals surface area contributed by atoms with Gasteiger partial charge in [0, 0.05) is 18.3 Å². The average molecular weight is 274 g/mol. The average Bonchev–Trinajstić information content (AvgIpc) is 2.50. The molecule has 0 aromatic heterocycles. The summed E-state index contributed by atoms with van der Waals surface area (Å²) in [7, 11) is 0. The largest absolute Gasteiger partial charge is 0.368 e. The molecular weight excluding hydrogens is 244 g/mol. The summed E-state index contributed by atoms with van der Waals surface area (Å²) >= 11 is 0. The van der Waals surface area contributed by atoms with Gasteiger partial charge in [0.1, 0.15) is 0 Å². The number of benzene rings is 1. The Kier molecular flexibility index (Phi) is 5.90. The van der Waals surface area contributed by atoms with Crippen molar-refractivity contribution in [3.63, 3.8) is 0 Å². The summed E-state index contributed by atoms with van der Waals surface area (Å²) in [4.78, 5) is 2.58. The maximum absolute atomic E-state index is 6.06. The molecule has 0 radical (unpaired) electrons. The SMILES string of the molecule is CCCC1CCC(CN)C(N(CC)c2ccccc2)C1. The molecule has 2 heteroatoms. The van der Waals surface area contributed by atoms with Crippen molar-refractivity contribution in [2.45, 2.75) is 52.0 Å². The highest BCUT2D eigenvalue weighted by Gasteiger charge is 2.32. The van der Waals surface area contributed by atoms with Crippen molar-refractivity contribution in [1.29, 1.82) is 0 Å². The van der Waals surface area contributed by atoms with Gasteiger partial charge in [-0.25, -0.2) is 0 Å². The Bertz CT molecular complexity index is 376. The first-order valence-electron chi connectivity index (χ1n) is 8.31. The van der Waals surface area contributed by atoms with E-state index in [1.807, 2.05) is 0 Å². The fraction of sp³-hybridized carbons (Fsp3) is 0.667. The van der Waals surface area contributed by atoms with Gasteiger partial charge in [-0.15, -0.1) is 0 Å². The second-order valence-electron chi connectivity index (χ2n) is 6.15. The Balaban J connectivity index is 2.15. The molecule has 1 aliphatic carbocycles. The Morgan fingerprint density at radius 1 is 1.15 bits per heavy atom. The highest BCUT2D eigenvalue weighted by atomic mass is 15.2. The smallest absolute Gasteiger partial charge is 0.0368 e. The molecule has 0 saturated heterocycles. The molecule has 2 rings (SSSR count). The molecule has 0 heterocycles. The van der Waals surface area contributed by atoms with Gasteiger partial charge >= 0.3 is 0 Å². The quantitative estimate of drug-likeness (QED) is 0.847. The maximum atomic E-state index is 6.06. The maximum Gasteiger partial charge on any atom is 0.0368 e. The zero-order chi connectivity index (χ0) is 14.4. The summed E-state index contributed by atoms with van der Waals surface area (Å²) in [5.74, 6) is 1.55. The Hall–Kier alpha value is -1.02. The van der Waals surface area contributed by atoms with E-state index in [2.05, 4.69) is 49.1 Å². The van der Waals surface area contributed by atoms with Crippen LogP contribution in [0.3, 0.4) is 0 Å². The molecule has 0 spiro atoms. The van der Waals surface area contributed by atoms with Crippen molar-refractivity contribution in [2.75, 3.05) is 18.0 Å². The van der Waals surface area contributed by atoms with Crippen LogP contribution in [0.25, 0.3) is 0 Å². The molecule has 1 aliphatic rings. The summed E-state index contributed by atoms with van der Waals surface area (Å²) < 4.78 is 0. The summed E-state index contributed by atoms with van der Waals surface area (Å²) in [5.41, 5.74) is 7.41. The van der Waals surface area contributed by atoms with E-state index in [1.54, 1.807) is 0 Å². The molecule has 1 fully saturated rings. The van der Waals surface area contributed by atoms with Crippen LogP contribution in [0.15, 0.2) is 30.3 Å². The fourth-order valence-corrected chi connectivity index (χ4v) is 3.85. The van der Waals surface area contributed by atoms with Gasteiger partial charge in [-0.3, -0.25) is 0 Å². The van der Waals surface area contributed by atoms with Gasteiger partial charge in [0.25, 0.3) is 0 Å². The number of anilines is 1. The van der Waals surface area contributed by atoms with Crippen molar-refractivity contribution in [2.24, 2.45) is 17.6 Å². The fourth-order valence-electron chi connectivity index (χ4n) is 3.85. The molecule has 20 heavy (non-hydrogen) atoms. The molecule has 3 atom stereocenters. The van der Waals surface area contributed by atoms with Crippen LogP contribution in [0.1, 0.15) is 46.0 Å². The van der Waals surface area contributed by atoms with E-state index in [4.69, 9.17) is 5.73 Å². The first-order valence-corrected chi connectivity index (χ1v) is 8.31. The van der Waals surface area contributed by atoms with Gasteiger partial charge < -0.3 is 10.6 Å². The lowest BCUT2D eigenvalue weighted by atomic mass is 9.75. The van der Waals surface area contributed by atoms with Crippen LogP contribution in [0.4, 0.5) is 5.69 Å². The van der Waals surface area contributed by atoms with Crippen LogP contribution < -0.4 is 10.6 Å². The Labute approximate surface area is 124 Å². The molecule has 0 amide bonds. The predicted molar refractivity (Wildman–Crippen MR) is 88.0 cm³/mol. The topological polar surface area (TPSA) is 29.3 Å². The lowest BCUT2D eigenvalue weighted by Gasteiger charge is -2.43. The van der Waals surface area contributed by atoms with E-state index in [1.165, 1.54) is 37.8 Å². The minimum atomic E-state index is 0.623. The van der Waals surface area contributed by atoms with Crippen molar-refractivity contribution in [3.05, 3.63) is 30.3 Å². The molecule has 2 nitrogen and oxygen atoms in total. The monoisotopic (exact) mass is 274 g/mol. The van der Waals surface area contributed by atoms with E-state index in [-0.39, 0.29) is 0 Å². The second-order valence-corrected chi connectivity index (χ2v) is 6.15. The van der Waals surface area contributed by atoms with Crippen LogP contribution in [0.5, 0.6) is 0 Å². The molecular formula is C18H30N2. The van der Waals surface area contributed by atoms with Gasteiger partial charge in [0.15, 0.2) is 0 Å². The van der Waals surface area contributed by atoms with E-state index in [0.29, 0.717) is 12.0 Å². The number of hydrogen-bond donors (Lipinski definition) is 1. The molecule has 112 valence electrons. The van der Waals surface area contributed by atoms with Gasteiger partial charge in [-0.1, -0.05) is 38.0 Å². The zero-order valence-electron chi connectivity index (χ0n) is 13.1. The Morgan fingerprint density at radius 3 is 2.50 bits per heavy atom. The van der Waals surface area contributed by atoms with Crippen molar-refractivity contribution in [1.82, 2.24) is 0 Å². The third-order valence-corrected chi connectivity index (χ3v) is 4.89. The molecule has 1 saturated carbocycles. The van der Waals surface area contributed by atoms with Crippen LogP contribution in [0.2, 0.25) is 0 Å². The molecule has 0 bridgehead atoms. The number of nitrogens with zero attached hydrogens (tertiary/aromatic N) is 1. The normalized spacial score (nSPS) is 26.4. The lowest BCUT2D eigenvalue weighted by molar-refractivity contribution is 0.223. The Morgan fingerprint density at radius 2 is 1.90 bits per heavy atom. The minimum absolute atomic E-state index is 0.623. The van der Waals surface area contributed by atoms with Crippen molar-refractivity contribution in [3.8, 4) is 0 Å². The second kappa shape index (κ2) is 7.68. The zero-order valence-corrected chi connectivity index (χ0v) is 13.1. The highest BCUT2D eigenvalue weighted by Crippen LogP contribution is 2.36. The van der Waals surface area contributed by atoms with Gasteiger partial charge in [0.2, 0.25) is 0 Å². The van der Waals surface area contributed by atoms with E-state index >= 15 is 0 Å². The third kappa shape index (κ3) is 3.54. The van der Waals surface area contributed by atoms with Gasteiger partial charge in [-0.05, 0) is 56.7 Å². The standard InChI is InChI=1S/C18H30N2/c1-3-8-15-11-12-16(14-19)18(13-15)20(4-2)17-9-6-5-7-10-17/h5-7,9-10,15-16,18H,3-4,8,11-14,19H2,1-2H3. The van der Waals surface area contributed by atoms with Crippen molar-refractivity contribution >= 4 is 5.69 Å². The minimum Gasteiger partial charge on any atom is -0.368 e. The predicted octanol–water partition coefficient (Wildman–Crippen LogP) is 4.06. The number of rotatable bonds is 6. The number of nitrogens with two attached hydrogens (primary N) is 1. The first-order chi connectivity index (χ1) is 9.80. The van der Waals surface area contributed by atoms with E-state index in [9.17, 15) is 0 Å². The molecule has 1 aromatic carbocycles. The van der Waals surface area contributed by atoms with Crippen molar-refractivity contribution < 1.29 is 0 Å². The molecule has 0 aliphatic heterocycles. The van der Waals surface area contributed by atoms with E-state index in [0.717, 1.165) is 19.0 Å². The first kappa shape index (κ1) is 15.4. The summed E-state index contributed by atoms with van der Waals surface area (Å²) in [6.45, 7) is 6.47. The number of para-hydroxylation sites is 1. The van der Waals surface area contributed by atoms with Crippen LogP contribution in [-0.4, -0.2) is 19.1 Å². The number of hydrogen-bond acceptors (Lipinski definition) is 2. The van der Waals surface area contributed by atoms with Gasteiger partial charge in [-0.2, -0.15) is 0 Å². The summed E-state index contributed by atoms with van der Waals surface area (Å²) in [6.07, 6.45) is 6.68. The highest BCUT2D eigenvalue weighted by molar-refractivity contribution is 5.47. The summed E-state index contributed by atoms with van der Waals surface area (Å²) in [5, 5.41) is 0.